The zero-order valence-corrected chi connectivity index (χ0v) is 9.36. The zero-order valence-electron chi connectivity index (χ0n) is 7.02. The smallest absolute Gasteiger partial charge is 0.293 e. The lowest BCUT2D eigenvalue weighted by atomic mass is 10.5. The van der Waals surface area contributed by atoms with Crippen LogP contribution in [-0.4, -0.2) is 9.38 Å². The summed E-state index contributed by atoms with van der Waals surface area (Å²) in [5.41, 5.74) is -0.785. The fourth-order valence-electron chi connectivity index (χ4n) is 1.15. The monoisotopic (exact) mass is 298 g/mol. The molecule has 0 spiro atoms. The van der Waals surface area contributed by atoms with Gasteiger partial charge in [0, 0.05) is 17.3 Å². The molecule has 7 heteroatoms. The third kappa shape index (κ3) is 1.96. The standard InChI is InChI=1S/C8H3BrClF3N2/c9-6-1-4(10)2-7-14-5(3-15(6)7)8(11,12)13/h1-3H. The summed E-state index contributed by atoms with van der Waals surface area (Å²) in [6, 6.07) is 2.86. The maximum absolute atomic E-state index is 12.3. The summed E-state index contributed by atoms with van der Waals surface area (Å²) >= 11 is 8.78. The Hall–Kier alpha value is -0.750. The topological polar surface area (TPSA) is 17.3 Å². The predicted molar refractivity (Wildman–Crippen MR) is 52.9 cm³/mol. The van der Waals surface area contributed by atoms with Gasteiger partial charge in [-0.15, -0.1) is 0 Å². The van der Waals surface area contributed by atoms with Crippen LogP contribution >= 0.6 is 27.5 Å². The van der Waals surface area contributed by atoms with Crippen molar-refractivity contribution in [2.45, 2.75) is 6.18 Å². The summed E-state index contributed by atoms with van der Waals surface area (Å²) in [4.78, 5) is 3.43. The lowest BCUT2D eigenvalue weighted by Crippen LogP contribution is -2.04. The van der Waals surface area contributed by atoms with E-state index in [1.54, 1.807) is 0 Å². The third-order valence-corrected chi connectivity index (χ3v) is 2.61. The molecular formula is C8H3BrClF3N2. The zero-order chi connectivity index (χ0) is 11.2. The van der Waals surface area contributed by atoms with E-state index >= 15 is 0 Å². The Labute approximate surface area is 95.8 Å². The van der Waals surface area contributed by atoms with Crippen molar-refractivity contribution in [3.63, 3.8) is 0 Å². The van der Waals surface area contributed by atoms with Gasteiger partial charge in [0.2, 0.25) is 0 Å². The molecule has 0 N–H and O–H groups in total. The van der Waals surface area contributed by atoms with Crippen molar-refractivity contribution in [1.82, 2.24) is 9.38 Å². The van der Waals surface area contributed by atoms with Crippen molar-refractivity contribution in [3.8, 4) is 0 Å². The van der Waals surface area contributed by atoms with Crippen molar-refractivity contribution in [1.29, 1.82) is 0 Å². The van der Waals surface area contributed by atoms with E-state index in [1.807, 2.05) is 0 Å². The molecule has 2 aromatic rings. The van der Waals surface area contributed by atoms with Crippen LogP contribution in [0.5, 0.6) is 0 Å². The summed E-state index contributed by atoms with van der Waals surface area (Å²) in [7, 11) is 0. The quantitative estimate of drug-likeness (QED) is 0.677. The highest BCUT2D eigenvalue weighted by Crippen LogP contribution is 2.30. The number of nitrogens with zero attached hydrogens (tertiary/aromatic N) is 2. The Bertz CT molecular complexity index is 520. The van der Waals surface area contributed by atoms with Crippen molar-refractivity contribution >= 4 is 33.2 Å². The normalized spacial score (nSPS) is 12.3. The first-order valence-electron chi connectivity index (χ1n) is 3.79. The van der Waals surface area contributed by atoms with E-state index in [9.17, 15) is 13.2 Å². The SMILES string of the molecule is FC(F)(F)c1cn2c(Br)cc(Cl)cc2n1. The molecule has 0 atom stereocenters. The van der Waals surface area contributed by atoms with E-state index in [-0.39, 0.29) is 5.65 Å². The van der Waals surface area contributed by atoms with Gasteiger partial charge in [0.05, 0.1) is 4.60 Å². The molecule has 0 aliphatic carbocycles. The van der Waals surface area contributed by atoms with Gasteiger partial charge in [0.25, 0.3) is 0 Å². The summed E-state index contributed by atoms with van der Waals surface area (Å²) < 4.78 is 38.7. The van der Waals surface area contributed by atoms with Crippen LogP contribution in [0.4, 0.5) is 13.2 Å². The van der Waals surface area contributed by atoms with Gasteiger partial charge < -0.3 is 0 Å². The molecular weight excluding hydrogens is 296 g/mol. The summed E-state index contributed by atoms with van der Waals surface area (Å²) in [5, 5.41) is 0.327. The van der Waals surface area contributed by atoms with Crippen molar-refractivity contribution in [3.05, 3.63) is 33.6 Å². The van der Waals surface area contributed by atoms with Gasteiger partial charge >= 0.3 is 6.18 Å². The minimum Gasteiger partial charge on any atom is -0.293 e. The number of hydrogen-bond donors (Lipinski definition) is 0. The molecule has 0 fully saturated rings. The average Bonchev–Trinajstić information content (AvgIpc) is 2.46. The molecule has 2 rings (SSSR count). The van der Waals surface area contributed by atoms with E-state index in [2.05, 4.69) is 20.9 Å². The van der Waals surface area contributed by atoms with E-state index < -0.39 is 11.9 Å². The third-order valence-electron chi connectivity index (χ3n) is 1.78. The number of rotatable bonds is 0. The lowest BCUT2D eigenvalue weighted by molar-refractivity contribution is -0.140. The number of imidazole rings is 1. The molecule has 0 aliphatic rings. The number of fused-ring (bicyclic) bond motifs is 1. The number of pyridine rings is 1. The lowest BCUT2D eigenvalue weighted by Gasteiger charge is -1.98. The molecule has 0 saturated heterocycles. The van der Waals surface area contributed by atoms with Crippen molar-refractivity contribution < 1.29 is 13.2 Å². The second-order valence-corrected chi connectivity index (χ2v) is 4.10. The van der Waals surface area contributed by atoms with E-state index in [0.717, 1.165) is 6.20 Å². The Morgan fingerprint density at radius 1 is 1.33 bits per heavy atom. The van der Waals surface area contributed by atoms with Gasteiger partial charge in [-0.2, -0.15) is 13.2 Å². The van der Waals surface area contributed by atoms with Crippen LogP contribution in [0.3, 0.4) is 0 Å². The second-order valence-electron chi connectivity index (χ2n) is 2.85. The van der Waals surface area contributed by atoms with Gasteiger partial charge in [-0.3, -0.25) is 4.40 Å². The fraction of sp³-hybridized carbons (Fsp3) is 0.125. The molecule has 0 aromatic carbocycles. The number of aromatic nitrogens is 2. The summed E-state index contributed by atoms with van der Waals surface area (Å²) in [6.45, 7) is 0. The molecule has 0 radical (unpaired) electrons. The Balaban J connectivity index is 2.71. The highest BCUT2D eigenvalue weighted by molar-refractivity contribution is 9.10. The molecule has 2 heterocycles. The Morgan fingerprint density at radius 3 is 2.60 bits per heavy atom. The number of hydrogen-bond acceptors (Lipinski definition) is 1. The van der Waals surface area contributed by atoms with Gasteiger partial charge in [-0.25, -0.2) is 4.98 Å². The fourth-order valence-corrected chi connectivity index (χ4v) is 2.02. The maximum Gasteiger partial charge on any atom is 0.434 e. The van der Waals surface area contributed by atoms with Crippen molar-refractivity contribution in [2.75, 3.05) is 0 Å². The van der Waals surface area contributed by atoms with Gasteiger partial charge in [-0.05, 0) is 22.0 Å². The average molecular weight is 299 g/mol. The number of halogens is 5. The van der Waals surface area contributed by atoms with E-state index in [1.165, 1.54) is 16.5 Å². The molecule has 0 amide bonds. The van der Waals surface area contributed by atoms with E-state index in [4.69, 9.17) is 11.6 Å². The Morgan fingerprint density at radius 2 is 2.00 bits per heavy atom. The second kappa shape index (κ2) is 3.38. The first-order chi connectivity index (χ1) is 6.88. The molecule has 2 nitrogen and oxygen atoms in total. The van der Waals surface area contributed by atoms with E-state index in [0.29, 0.717) is 9.63 Å². The summed E-state index contributed by atoms with van der Waals surface area (Å²) in [5.74, 6) is 0. The van der Waals surface area contributed by atoms with Crippen LogP contribution in [0, 0.1) is 0 Å². The van der Waals surface area contributed by atoms with Crippen LogP contribution in [0.15, 0.2) is 22.9 Å². The van der Waals surface area contributed by atoms with Gasteiger partial charge in [0.1, 0.15) is 5.65 Å². The molecule has 0 saturated carbocycles. The maximum atomic E-state index is 12.3. The molecule has 15 heavy (non-hydrogen) atoms. The first-order valence-corrected chi connectivity index (χ1v) is 4.96. The molecule has 0 unspecified atom stereocenters. The highest BCUT2D eigenvalue weighted by Gasteiger charge is 2.34. The minimum absolute atomic E-state index is 0.154. The summed E-state index contributed by atoms with van der Waals surface area (Å²) in [6.07, 6.45) is -3.53. The largest absolute Gasteiger partial charge is 0.434 e. The molecule has 2 aromatic heterocycles. The van der Waals surface area contributed by atoms with Gasteiger partial charge in [0.15, 0.2) is 5.69 Å². The minimum atomic E-state index is -4.45. The van der Waals surface area contributed by atoms with Crippen molar-refractivity contribution in [2.24, 2.45) is 0 Å². The molecule has 0 bridgehead atoms. The van der Waals surface area contributed by atoms with Crippen LogP contribution in [0.25, 0.3) is 5.65 Å². The van der Waals surface area contributed by atoms with Gasteiger partial charge in [-0.1, -0.05) is 11.6 Å². The predicted octanol–water partition coefficient (Wildman–Crippen LogP) is 3.77. The van der Waals surface area contributed by atoms with Crippen LogP contribution in [0.2, 0.25) is 5.02 Å². The Kier molecular flexibility index (Phi) is 2.42. The van der Waals surface area contributed by atoms with Crippen LogP contribution < -0.4 is 0 Å². The molecule has 80 valence electrons. The number of alkyl halides is 3. The first kappa shape index (κ1) is 10.8. The molecule has 0 aliphatic heterocycles. The highest BCUT2D eigenvalue weighted by atomic mass is 79.9. The van der Waals surface area contributed by atoms with Crippen LogP contribution in [0.1, 0.15) is 5.69 Å². The van der Waals surface area contributed by atoms with Crippen LogP contribution in [-0.2, 0) is 6.18 Å².